The van der Waals surface area contributed by atoms with Gasteiger partial charge in [-0.1, -0.05) is 34.6 Å². The second-order valence-corrected chi connectivity index (χ2v) is 5.50. The monoisotopic (exact) mass is 200 g/mol. The third-order valence-corrected chi connectivity index (χ3v) is 2.09. The molecule has 0 aromatic heterocycles. The summed E-state index contributed by atoms with van der Waals surface area (Å²) in [4.78, 5) is 11.3. The second-order valence-electron chi connectivity index (χ2n) is 5.50. The molecular formula is C12H24O2. The summed E-state index contributed by atoms with van der Waals surface area (Å²) in [6, 6.07) is 0. The van der Waals surface area contributed by atoms with Crippen molar-refractivity contribution in [2.75, 3.05) is 0 Å². The third-order valence-electron chi connectivity index (χ3n) is 2.09. The topological polar surface area (TPSA) is 26.3 Å². The molecule has 0 radical (unpaired) electrons. The van der Waals surface area contributed by atoms with Crippen molar-refractivity contribution < 1.29 is 9.53 Å². The Hall–Kier alpha value is -0.530. The van der Waals surface area contributed by atoms with Crippen molar-refractivity contribution in [2.24, 2.45) is 11.3 Å². The fourth-order valence-corrected chi connectivity index (χ4v) is 1.03. The lowest BCUT2D eigenvalue weighted by atomic mass is 9.89. The van der Waals surface area contributed by atoms with Crippen molar-refractivity contribution in [1.29, 1.82) is 0 Å². The van der Waals surface area contributed by atoms with Crippen LogP contribution in [-0.4, -0.2) is 12.1 Å². The molecule has 2 heteroatoms. The van der Waals surface area contributed by atoms with E-state index >= 15 is 0 Å². The summed E-state index contributed by atoms with van der Waals surface area (Å²) < 4.78 is 5.27. The maximum absolute atomic E-state index is 11.3. The normalized spacial score (nSPS) is 14.2. The zero-order valence-corrected chi connectivity index (χ0v) is 10.4. The Morgan fingerprint density at radius 3 is 2.07 bits per heavy atom. The van der Waals surface area contributed by atoms with Crippen LogP contribution in [0.25, 0.3) is 0 Å². The smallest absolute Gasteiger partial charge is 0.308 e. The lowest BCUT2D eigenvalue weighted by molar-refractivity contribution is -0.152. The average Bonchev–Trinajstić information content (AvgIpc) is 1.99. The molecular weight excluding hydrogens is 176 g/mol. The van der Waals surface area contributed by atoms with Gasteiger partial charge in [0.1, 0.15) is 0 Å². The number of hydrogen-bond acceptors (Lipinski definition) is 2. The van der Waals surface area contributed by atoms with E-state index in [0.717, 1.165) is 12.8 Å². The first-order valence-electron chi connectivity index (χ1n) is 5.43. The minimum absolute atomic E-state index is 0.0212. The Morgan fingerprint density at radius 1 is 1.21 bits per heavy atom. The van der Waals surface area contributed by atoms with Crippen LogP contribution >= 0.6 is 0 Å². The SMILES string of the molecule is CC(C)C(=O)O[C@H](C)CCC(C)(C)C. The van der Waals surface area contributed by atoms with Gasteiger partial charge in [-0.25, -0.2) is 0 Å². The molecule has 0 aliphatic carbocycles. The zero-order chi connectivity index (χ0) is 11.4. The van der Waals surface area contributed by atoms with Crippen LogP contribution < -0.4 is 0 Å². The Kier molecular flexibility index (Phi) is 5.17. The fraction of sp³-hybridized carbons (Fsp3) is 0.917. The summed E-state index contributed by atoms with van der Waals surface area (Å²) in [5, 5.41) is 0. The van der Waals surface area contributed by atoms with Gasteiger partial charge in [-0.3, -0.25) is 4.79 Å². The molecule has 0 rings (SSSR count). The Balaban J connectivity index is 3.77. The highest BCUT2D eigenvalue weighted by Gasteiger charge is 2.16. The molecule has 0 bridgehead atoms. The molecule has 0 N–H and O–H groups in total. The van der Waals surface area contributed by atoms with Crippen molar-refractivity contribution in [3.05, 3.63) is 0 Å². The number of ether oxygens (including phenoxy) is 1. The molecule has 1 atom stereocenters. The van der Waals surface area contributed by atoms with E-state index < -0.39 is 0 Å². The number of carbonyl (C=O) groups excluding carboxylic acids is 1. The van der Waals surface area contributed by atoms with Crippen LogP contribution in [0.3, 0.4) is 0 Å². The molecule has 2 nitrogen and oxygen atoms in total. The van der Waals surface area contributed by atoms with Crippen molar-refractivity contribution in [2.45, 2.75) is 60.5 Å². The van der Waals surface area contributed by atoms with Crippen LogP contribution in [0, 0.1) is 11.3 Å². The Morgan fingerprint density at radius 2 is 1.71 bits per heavy atom. The molecule has 0 spiro atoms. The van der Waals surface area contributed by atoms with Crippen LogP contribution in [0.4, 0.5) is 0 Å². The van der Waals surface area contributed by atoms with E-state index in [9.17, 15) is 4.79 Å². The highest BCUT2D eigenvalue weighted by atomic mass is 16.5. The minimum Gasteiger partial charge on any atom is -0.462 e. The fourth-order valence-electron chi connectivity index (χ4n) is 1.03. The van der Waals surface area contributed by atoms with Crippen LogP contribution in [-0.2, 0) is 9.53 Å². The summed E-state index contributed by atoms with van der Waals surface area (Å²) in [6.45, 7) is 12.3. The first kappa shape index (κ1) is 13.5. The van der Waals surface area contributed by atoms with Gasteiger partial charge in [0.2, 0.25) is 0 Å². The summed E-state index contributed by atoms with van der Waals surface area (Å²) in [7, 11) is 0. The third kappa shape index (κ3) is 6.93. The molecule has 0 heterocycles. The predicted molar refractivity (Wildman–Crippen MR) is 59.1 cm³/mol. The first-order chi connectivity index (χ1) is 6.22. The molecule has 0 aromatic rings. The molecule has 84 valence electrons. The Bertz CT molecular complexity index is 177. The van der Waals surface area contributed by atoms with Gasteiger partial charge in [0.25, 0.3) is 0 Å². The summed E-state index contributed by atoms with van der Waals surface area (Å²) in [5.74, 6) is -0.113. The largest absolute Gasteiger partial charge is 0.462 e. The quantitative estimate of drug-likeness (QED) is 0.650. The van der Waals surface area contributed by atoms with E-state index in [1.807, 2.05) is 20.8 Å². The van der Waals surface area contributed by atoms with Crippen molar-refractivity contribution in [1.82, 2.24) is 0 Å². The highest BCUT2D eigenvalue weighted by Crippen LogP contribution is 2.22. The Labute approximate surface area is 88.0 Å². The lowest BCUT2D eigenvalue weighted by Gasteiger charge is -2.21. The maximum Gasteiger partial charge on any atom is 0.308 e. The van der Waals surface area contributed by atoms with E-state index in [2.05, 4.69) is 20.8 Å². The maximum atomic E-state index is 11.3. The number of carbonyl (C=O) groups is 1. The summed E-state index contributed by atoms with van der Waals surface area (Å²) >= 11 is 0. The molecule has 0 aliphatic heterocycles. The molecule has 0 saturated carbocycles. The summed E-state index contributed by atoms with van der Waals surface area (Å²) in [6.07, 6.45) is 2.07. The van der Waals surface area contributed by atoms with Gasteiger partial charge in [-0.05, 0) is 25.2 Å². The standard InChI is InChI=1S/C12H24O2/c1-9(2)11(13)14-10(3)7-8-12(4,5)6/h9-10H,7-8H2,1-6H3/t10-/m1/s1. The molecule has 0 fully saturated rings. The van der Waals surface area contributed by atoms with Gasteiger partial charge in [0.15, 0.2) is 0 Å². The molecule has 0 aromatic carbocycles. The average molecular weight is 200 g/mol. The molecule has 0 aliphatic rings. The van der Waals surface area contributed by atoms with Crippen molar-refractivity contribution in [3.8, 4) is 0 Å². The van der Waals surface area contributed by atoms with Gasteiger partial charge in [0, 0.05) is 0 Å². The van der Waals surface area contributed by atoms with Gasteiger partial charge in [-0.15, -0.1) is 0 Å². The van der Waals surface area contributed by atoms with Crippen LogP contribution in [0.1, 0.15) is 54.4 Å². The van der Waals surface area contributed by atoms with E-state index in [0.29, 0.717) is 5.41 Å². The van der Waals surface area contributed by atoms with Crippen molar-refractivity contribution >= 4 is 5.97 Å². The van der Waals surface area contributed by atoms with E-state index in [4.69, 9.17) is 4.74 Å². The first-order valence-corrected chi connectivity index (χ1v) is 5.43. The van der Waals surface area contributed by atoms with E-state index in [1.165, 1.54) is 0 Å². The van der Waals surface area contributed by atoms with E-state index in [-0.39, 0.29) is 18.0 Å². The summed E-state index contributed by atoms with van der Waals surface area (Å²) in [5.41, 5.74) is 0.318. The van der Waals surface area contributed by atoms with Crippen molar-refractivity contribution in [3.63, 3.8) is 0 Å². The van der Waals surface area contributed by atoms with E-state index in [1.54, 1.807) is 0 Å². The molecule has 0 unspecified atom stereocenters. The number of rotatable bonds is 4. The highest BCUT2D eigenvalue weighted by molar-refractivity contribution is 5.71. The zero-order valence-electron chi connectivity index (χ0n) is 10.4. The second kappa shape index (κ2) is 5.38. The molecule has 0 amide bonds. The van der Waals surface area contributed by atoms with Gasteiger partial charge < -0.3 is 4.74 Å². The van der Waals surface area contributed by atoms with Gasteiger partial charge in [-0.2, -0.15) is 0 Å². The molecule has 0 saturated heterocycles. The molecule has 14 heavy (non-hydrogen) atoms. The van der Waals surface area contributed by atoms with Gasteiger partial charge in [0.05, 0.1) is 12.0 Å². The van der Waals surface area contributed by atoms with Gasteiger partial charge >= 0.3 is 5.97 Å². The number of esters is 1. The van der Waals surface area contributed by atoms with Crippen LogP contribution in [0.5, 0.6) is 0 Å². The van der Waals surface area contributed by atoms with Crippen LogP contribution in [0.15, 0.2) is 0 Å². The lowest BCUT2D eigenvalue weighted by Crippen LogP contribution is -2.20. The number of hydrogen-bond donors (Lipinski definition) is 0. The van der Waals surface area contributed by atoms with Crippen LogP contribution in [0.2, 0.25) is 0 Å². The predicted octanol–water partition coefficient (Wildman–Crippen LogP) is 3.40. The minimum atomic E-state index is -0.0913.